The molecule has 3 aliphatic rings. The molecule has 0 bridgehead atoms. The topological polar surface area (TPSA) is 70.2 Å². The molecule has 0 aromatic carbocycles. The molecule has 0 aliphatic carbocycles. The van der Waals surface area contributed by atoms with E-state index in [0.717, 1.165) is 25.9 Å². The standard InChI is InChI=1S/C19H35N3O4S/c1-26-12-11-22(18-7-13-27(24,25)16-18)19(23)15-21-10-5-6-17(21)14-20-8-3-2-4-9-20/h17-18H,2-16H2,1H3. The Kier molecular flexibility index (Phi) is 7.53. The maximum atomic E-state index is 13.1. The van der Waals surface area contributed by atoms with Crippen molar-refractivity contribution in [1.29, 1.82) is 0 Å². The lowest BCUT2D eigenvalue weighted by atomic mass is 10.1. The summed E-state index contributed by atoms with van der Waals surface area (Å²) in [5.41, 5.74) is 0. The van der Waals surface area contributed by atoms with Crippen LogP contribution in [0.4, 0.5) is 0 Å². The molecule has 3 fully saturated rings. The average Bonchev–Trinajstić information content (AvgIpc) is 3.22. The molecule has 1 amide bonds. The van der Waals surface area contributed by atoms with Crippen LogP contribution in [0.2, 0.25) is 0 Å². The average molecular weight is 402 g/mol. The number of likely N-dealkylation sites (tertiary alicyclic amines) is 2. The van der Waals surface area contributed by atoms with E-state index < -0.39 is 9.84 Å². The van der Waals surface area contributed by atoms with Gasteiger partial charge in [0.1, 0.15) is 0 Å². The van der Waals surface area contributed by atoms with Crippen molar-refractivity contribution < 1.29 is 17.9 Å². The van der Waals surface area contributed by atoms with Crippen LogP contribution in [0.25, 0.3) is 0 Å². The number of carbonyl (C=O) groups excluding carboxylic acids is 1. The van der Waals surface area contributed by atoms with E-state index in [9.17, 15) is 13.2 Å². The smallest absolute Gasteiger partial charge is 0.237 e. The van der Waals surface area contributed by atoms with Gasteiger partial charge in [-0.2, -0.15) is 0 Å². The molecule has 0 saturated carbocycles. The molecule has 0 aromatic rings. The molecular formula is C19H35N3O4S. The molecule has 0 N–H and O–H groups in total. The molecule has 3 rings (SSSR count). The zero-order valence-electron chi connectivity index (χ0n) is 16.6. The first-order valence-corrected chi connectivity index (χ1v) is 12.3. The van der Waals surface area contributed by atoms with Crippen molar-refractivity contribution in [3.63, 3.8) is 0 Å². The van der Waals surface area contributed by atoms with Crippen LogP contribution in [0.3, 0.4) is 0 Å². The van der Waals surface area contributed by atoms with Gasteiger partial charge in [-0.15, -0.1) is 0 Å². The Bertz CT molecular complexity index is 592. The highest BCUT2D eigenvalue weighted by Gasteiger charge is 2.36. The van der Waals surface area contributed by atoms with Crippen molar-refractivity contribution in [2.75, 3.05) is 64.5 Å². The predicted octanol–water partition coefficient (Wildman–Crippen LogP) is 0.599. The Balaban J connectivity index is 1.58. The Morgan fingerprint density at radius 3 is 2.56 bits per heavy atom. The van der Waals surface area contributed by atoms with Gasteiger partial charge in [-0.3, -0.25) is 9.69 Å². The molecule has 2 atom stereocenters. The maximum Gasteiger partial charge on any atom is 0.237 e. The second-order valence-electron chi connectivity index (χ2n) is 8.26. The van der Waals surface area contributed by atoms with Gasteiger partial charge in [0, 0.05) is 32.3 Å². The summed E-state index contributed by atoms with van der Waals surface area (Å²) in [5, 5.41) is 0. The molecule has 7 nitrogen and oxygen atoms in total. The lowest BCUT2D eigenvalue weighted by Crippen LogP contribution is -2.50. The van der Waals surface area contributed by atoms with Gasteiger partial charge in [0.15, 0.2) is 9.84 Å². The van der Waals surface area contributed by atoms with Gasteiger partial charge >= 0.3 is 0 Å². The summed E-state index contributed by atoms with van der Waals surface area (Å²) < 4.78 is 28.9. The summed E-state index contributed by atoms with van der Waals surface area (Å²) in [4.78, 5) is 19.7. The zero-order chi connectivity index (χ0) is 19.3. The second kappa shape index (κ2) is 9.67. The molecule has 0 spiro atoms. The molecule has 3 saturated heterocycles. The number of piperidine rings is 1. The minimum absolute atomic E-state index is 0.0553. The molecule has 27 heavy (non-hydrogen) atoms. The summed E-state index contributed by atoms with van der Waals surface area (Å²) in [7, 11) is -1.40. The minimum atomic E-state index is -3.01. The van der Waals surface area contributed by atoms with Crippen LogP contribution in [0, 0.1) is 0 Å². The number of ether oxygens (including phenoxy) is 1. The normalized spacial score (nSPS) is 29.2. The molecule has 0 aromatic heterocycles. The fraction of sp³-hybridized carbons (Fsp3) is 0.947. The number of hydrogen-bond acceptors (Lipinski definition) is 6. The van der Waals surface area contributed by atoms with E-state index in [0.29, 0.717) is 32.2 Å². The highest BCUT2D eigenvalue weighted by Crippen LogP contribution is 2.22. The number of hydrogen-bond donors (Lipinski definition) is 0. The molecular weight excluding hydrogens is 366 g/mol. The number of sulfone groups is 1. The molecule has 156 valence electrons. The van der Waals surface area contributed by atoms with Gasteiger partial charge in [-0.25, -0.2) is 8.42 Å². The number of amides is 1. The summed E-state index contributed by atoms with van der Waals surface area (Å²) >= 11 is 0. The van der Waals surface area contributed by atoms with Gasteiger partial charge < -0.3 is 14.5 Å². The van der Waals surface area contributed by atoms with Crippen molar-refractivity contribution in [1.82, 2.24) is 14.7 Å². The number of rotatable bonds is 8. The molecule has 0 radical (unpaired) electrons. The van der Waals surface area contributed by atoms with Crippen LogP contribution in [-0.4, -0.2) is 106 Å². The van der Waals surface area contributed by atoms with E-state index in [1.54, 1.807) is 12.0 Å². The Morgan fingerprint density at radius 2 is 1.89 bits per heavy atom. The van der Waals surface area contributed by atoms with Crippen molar-refractivity contribution in [3.05, 3.63) is 0 Å². The van der Waals surface area contributed by atoms with E-state index in [4.69, 9.17) is 4.74 Å². The third kappa shape index (κ3) is 5.89. The molecule has 2 unspecified atom stereocenters. The zero-order valence-corrected chi connectivity index (χ0v) is 17.5. The summed E-state index contributed by atoms with van der Waals surface area (Å²) in [6.07, 6.45) is 6.75. The SMILES string of the molecule is COCCN(C(=O)CN1CCCC1CN1CCCCC1)C1CCS(=O)(=O)C1. The highest BCUT2D eigenvalue weighted by molar-refractivity contribution is 7.91. The summed E-state index contributed by atoms with van der Waals surface area (Å²) in [6, 6.07) is 0.254. The van der Waals surface area contributed by atoms with Crippen molar-refractivity contribution in [2.24, 2.45) is 0 Å². The van der Waals surface area contributed by atoms with Crippen LogP contribution in [0.15, 0.2) is 0 Å². The third-order valence-electron chi connectivity index (χ3n) is 6.26. The fourth-order valence-corrected chi connectivity index (χ4v) is 6.47. The Morgan fingerprint density at radius 1 is 1.11 bits per heavy atom. The van der Waals surface area contributed by atoms with Crippen molar-refractivity contribution in [3.8, 4) is 0 Å². The highest BCUT2D eigenvalue weighted by atomic mass is 32.2. The van der Waals surface area contributed by atoms with Crippen LogP contribution in [0.5, 0.6) is 0 Å². The van der Waals surface area contributed by atoms with E-state index in [2.05, 4.69) is 9.80 Å². The maximum absolute atomic E-state index is 13.1. The van der Waals surface area contributed by atoms with Crippen molar-refractivity contribution in [2.45, 2.75) is 50.6 Å². The summed E-state index contributed by atoms with van der Waals surface area (Å²) in [5.74, 6) is 0.342. The quantitative estimate of drug-likeness (QED) is 0.593. The number of carbonyl (C=O) groups is 1. The number of methoxy groups -OCH3 is 1. The molecule has 3 heterocycles. The Hall–Kier alpha value is -0.700. The van der Waals surface area contributed by atoms with Gasteiger partial charge in [0.2, 0.25) is 5.91 Å². The lowest BCUT2D eigenvalue weighted by Gasteiger charge is -2.34. The molecule has 8 heteroatoms. The van der Waals surface area contributed by atoms with Crippen LogP contribution in [-0.2, 0) is 19.4 Å². The second-order valence-corrected chi connectivity index (χ2v) is 10.5. The fourth-order valence-electron chi connectivity index (χ4n) is 4.74. The van der Waals surface area contributed by atoms with Crippen molar-refractivity contribution >= 4 is 15.7 Å². The van der Waals surface area contributed by atoms with Gasteiger partial charge in [0.05, 0.1) is 24.7 Å². The van der Waals surface area contributed by atoms with E-state index in [-0.39, 0.29) is 23.5 Å². The van der Waals surface area contributed by atoms with Gasteiger partial charge in [-0.1, -0.05) is 6.42 Å². The third-order valence-corrected chi connectivity index (χ3v) is 8.01. The molecule has 3 aliphatic heterocycles. The first kappa shape index (κ1) is 21.0. The van der Waals surface area contributed by atoms with Gasteiger partial charge in [0.25, 0.3) is 0 Å². The van der Waals surface area contributed by atoms with Crippen LogP contribution in [0.1, 0.15) is 38.5 Å². The monoisotopic (exact) mass is 401 g/mol. The first-order valence-electron chi connectivity index (χ1n) is 10.4. The number of nitrogens with zero attached hydrogens (tertiary/aromatic N) is 3. The lowest BCUT2D eigenvalue weighted by molar-refractivity contribution is -0.135. The Labute approximate surface area is 163 Å². The largest absolute Gasteiger partial charge is 0.383 e. The van der Waals surface area contributed by atoms with E-state index >= 15 is 0 Å². The predicted molar refractivity (Wildman–Crippen MR) is 106 cm³/mol. The first-order chi connectivity index (χ1) is 13.0. The minimum Gasteiger partial charge on any atom is -0.383 e. The van der Waals surface area contributed by atoms with E-state index in [1.807, 2.05) is 0 Å². The van der Waals surface area contributed by atoms with Crippen LogP contribution >= 0.6 is 0 Å². The van der Waals surface area contributed by atoms with E-state index in [1.165, 1.54) is 32.4 Å². The summed E-state index contributed by atoms with van der Waals surface area (Å²) in [6.45, 7) is 5.70. The van der Waals surface area contributed by atoms with Gasteiger partial charge in [-0.05, 0) is 51.7 Å². The van der Waals surface area contributed by atoms with Crippen LogP contribution < -0.4 is 0 Å².